The first-order valence-electron chi connectivity index (χ1n) is 9.51. The van der Waals surface area contributed by atoms with Crippen molar-refractivity contribution in [2.24, 2.45) is 0 Å². The summed E-state index contributed by atoms with van der Waals surface area (Å²) in [6.07, 6.45) is 1.67. The third kappa shape index (κ3) is 3.51. The molecule has 4 N–H and O–H groups in total. The number of phosphoric acid groups is 1. The minimum Gasteiger partial charge on any atom is -0.404 e. The average Bonchev–Trinajstić information content (AvgIpc) is 3.29. The van der Waals surface area contributed by atoms with Gasteiger partial charge in [-0.05, 0) is 13.0 Å². The minimum atomic E-state index is -3.99. The minimum absolute atomic E-state index is 0.0319. The van der Waals surface area contributed by atoms with E-state index in [1.54, 1.807) is 35.8 Å². The maximum absolute atomic E-state index is 15.5. The molecule has 0 spiro atoms. The number of imidazole rings is 1. The smallest absolute Gasteiger partial charge is 0.404 e. The summed E-state index contributed by atoms with van der Waals surface area (Å²) in [5.41, 5.74) is 11.8. The molecule has 0 radical (unpaired) electrons. The summed E-state index contributed by atoms with van der Waals surface area (Å²) in [4.78, 5) is 12.2. The summed E-state index contributed by atoms with van der Waals surface area (Å²) < 4.78 is 51.4. The van der Waals surface area contributed by atoms with Gasteiger partial charge in [0.15, 0.2) is 11.5 Å². The van der Waals surface area contributed by atoms with Crippen LogP contribution in [0.1, 0.15) is 25.3 Å². The molecule has 1 saturated heterocycles. The van der Waals surface area contributed by atoms with Gasteiger partial charge in [-0.15, -0.1) is 0 Å². The number of fused-ring (bicyclic) bond motifs is 2. The average molecular weight is 450 g/mol. The van der Waals surface area contributed by atoms with Crippen molar-refractivity contribution >= 4 is 30.8 Å². The first-order chi connectivity index (χ1) is 14.7. The van der Waals surface area contributed by atoms with Crippen molar-refractivity contribution in [3.63, 3.8) is 0 Å². The molecule has 0 bridgehead atoms. The first-order valence-corrected chi connectivity index (χ1v) is 11.0. The van der Waals surface area contributed by atoms with Gasteiger partial charge in [0.1, 0.15) is 23.6 Å². The molecule has 0 aliphatic carbocycles. The Balaban J connectivity index is 1.33. The van der Waals surface area contributed by atoms with E-state index in [0.717, 1.165) is 5.56 Å². The van der Waals surface area contributed by atoms with Crippen molar-refractivity contribution in [1.29, 1.82) is 0 Å². The standard InChI is InChI=1S/C18H20FN6O5P/c1-17(25-10-22-13-14(20)23-16(21)24-15(13)25)6-7-18(19,30-17)9-28-31(26)27-8-11-4-2-3-5-12(11)29-31/h2-5,10H,6-9H2,1H3,(H4,20,21,23,24)/t17-,18+,31?/m1/s1. The lowest BCUT2D eigenvalue weighted by Crippen LogP contribution is -2.36. The number of halogens is 1. The number of ether oxygens (including phenoxy) is 1. The summed E-state index contributed by atoms with van der Waals surface area (Å²) in [6.45, 7) is 1.07. The second-order valence-corrected chi connectivity index (χ2v) is 9.20. The van der Waals surface area contributed by atoms with E-state index in [1.165, 1.54) is 6.33 Å². The van der Waals surface area contributed by atoms with Gasteiger partial charge in [0.2, 0.25) is 11.8 Å². The molecule has 4 heterocycles. The van der Waals surface area contributed by atoms with Crippen molar-refractivity contribution in [1.82, 2.24) is 19.5 Å². The van der Waals surface area contributed by atoms with Gasteiger partial charge >= 0.3 is 7.82 Å². The number of phosphoric ester groups is 1. The maximum atomic E-state index is 15.5. The van der Waals surface area contributed by atoms with Crippen LogP contribution in [-0.2, 0) is 30.7 Å². The Morgan fingerprint density at radius 3 is 2.94 bits per heavy atom. The fourth-order valence-electron chi connectivity index (χ4n) is 3.72. The Morgan fingerprint density at radius 2 is 2.10 bits per heavy atom. The van der Waals surface area contributed by atoms with Crippen LogP contribution in [0.3, 0.4) is 0 Å². The lowest BCUT2D eigenvalue weighted by atomic mass is 10.1. The third-order valence-corrected chi connectivity index (χ3v) is 6.63. The van der Waals surface area contributed by atoms with Gasteiger partial charge in [0, 0.05) is 18.4 Å². The Labute approximate surface area is 176 Å². The molecule has 1 fully saturated rings. The molecule has 11 nitrogen and oxygen atoms in total. The molecule has 164 valence electrons. The molecule has 3 aromatic rings. The highest BCUT2D eigenvalue weighted by molar-refractivity contribution is 7.49. The van der Waals surface area contributed by atoms with Crippen LogP contribution in [-0.4, -0.2) is 32.0 Å². The van der Waals surface area contributed by atoms with Gasteiger partial charge in [-0.1, -0.05) is 18.2 Å². The van der Waals surface area contributed by atoms with E-state index >= 15 is 4.39 Å². The van der Waals surface area contributed by atoms with E-state index < -0.39 is 26.0 Å². The van der Waals surface area contributed by atoms with E-state index in [2.05, 4.69) is 15.0 Å². The predicted molar refractivity (Wildman–Crippen MR) is 107 cm³/mol. The van der Waals surface area contributed by atoms with Crippen LogP contribution in [0.2, 0.25) is 0 Å². The predicted octanol–water partition coefficient (Wildman–Crippen LogP) is 2.87. The van der Waals surface area contributed by atoms with Crippen LogP contribution < -0.4 is 16.0 Å². The molecular formula is C18H20FN6O5P. The van der Waals surface area contributed by atoms with Crippen molar-refractivity contribution in [3.8, 4) is 5.75 Å². The molecule has 2 aliphatic rings. The Hall–Kier alpha value is -2.79. The number of benzene rings is 1. The summed E-state index contributed by atoms with van der Waals surface area (Å²) in [7, 11) is -3.99. The largest absolute Gasteiger partial charge is 0.530 e. The van der Waals surface area contributed by atoms with E-state index in [1.807, 2.05) is 0 Å². The van der Waals surface area contributed by atoms with Crippen molar-refractivity contribution in [3.05, 3.63) is 36.2 Å². The van der Waals surface area contributed by atoms with Crippen LogP contribution in [0, 0.1) is 0 Å². The number of rotatable bonds is 4. The fraction of sp³-hybridized carbons (Fsp3) is 0.389. The number of nitrogen functional groups attached to an aromatic ring is 2. The molecule has 0 amide bonds. The van der Waals surface area contributed by atoms with Crippen LogP contribution in [0.15, 0.2) is 30.6 Å². The number of nitrogens with two attached hydrogens (primary N) is 2. The second-order valence-electron chi connectivity index (χ2n) is 7.61. The van der Waals surface area contributed by atoms with Crippen molar-refractivity contribution in [2.45, 2.75) is 38.0 Å². The van der Waals surface area contributed by atoms with Gasteiger partial charge in [-0.2, -0.15) is 9.97 Å². The second kappa shape index (κ2) is 6.86. The lowest BCUT2D eigenvalue weighted by Gasteiger charge is -2.30. The third-order valence-electron chi connectivity index (χ3n) is 5.31. The highest BCUT2D eigenvalue weighted by Gasteiger charge is 2.51. The molecular weight excluding hydrogens is 430 g/mol. The SMILES string of the molecule is C[C@]1(n2cnc3c(N)nc(N)nc32)CC[C@@](F)(COP2(=O)OCc3ccccc3O2)O1. The summed E-state index contributed by atoms with van der Waals surface area (Å²) in [6, 6.07) is 6.96. The van der Waals surface area contributed by atoms with Crippen LogP contribution in [0.4, 0.5) is 16.2 Å². The van der Waals surface area contributed by atoms with E-state index in [0.29, 0.717) is 16.9 Å². The number of anilines is 2. The summed E-state index contributed by atoms with van der Waals surface area (Å²) in [5.74, 6) is -1.78. The molecule has 2 aliphatic heterocycles. The molecule has 5 rings (SSSR count). The van der Waals surface area contributed by atoms with E-state index in [4.69, 9.17) is 29.8 Å². The zero-order chi connectivity index (χ0) is 21.9. The number of aromatic nitrogens is 4. The first kappa shape index (κ1) is 20.1. The highest BCUT2D eigenvalue weighted by atomic mass is 31.2. The van der Waals surface area contributed by atoms with Gasteiger partial charge in [0.05, 0.1) is 12.9 Å². The zero-order valence-electron chi connectivity index (χ0n) is 16.5. The lowest BCUT2D eigenvalue weighted by molar-refractivity contribution is -0.214. The maximum Gasteiger partial charge on any atom is 0.530 e. The van der Waals surface area contributed by atoms with Crippen LogP contribution in [0.25, 0.3) is 11.2 Å². The molecule has 2 aromatic heterocycles. The van der Waals surface area contributed by atoms with Gasteiger partial charge < -0.3 is 20.7 Å². The highest BCUT2D eigenvalue weighted by Crippen LogP contribution is 2.56. The number of hydrogen-bond donors (Lipinski definition) is 2. The molecule has 3 atom stereocenters. The van der Waals surface area contributed by atoms with Crippen molar-refractivity contribution in [2.75, 3.05) is 18.1 Å². The topological polar surface area (TPSA) is 150 Å². The number of nitrogens with zero attached hydrogens (tertiary/aromatic N) is 4. The molecule has 1 aromatic carbocycles. The number of alkyl halides is 1. The normalized spacial score (nSPS) is 30.3. The van der Waals surface area contributed by atoms with Crippen LogP contribution >= 0.6 is 7.82 Å². The quantitative estimate of drug-likeness (QED) is 0.568. The number of para-hydroxylation sites is 1. The monoisotopic (exact) mass is 450 g/mol. The number of hydrogen-bond acceptors (Lipinski definition) is 10. The van der Waals surface area contributed by atoms with E-state index in [9.17, 15) is 4.57 Å². The van der Waals surface area contributed by atoms with Gasteiger partial charge in [-0.3, -0.25) is 13.6 Å². The van der Waals surface area contributed by atoms with Crippen molar-refractivity contribution < 1.29 is 27.3 Å². The summed E-state index contributed by atoms with van der Waals surface area (Å²) in [5, 5.41) is 0. The molecule has 31 heavy (non-hydrogen) atoms. The zero-order valence-corrected chi connectivity index (χ0v) is 17.4. The van der Waals surface area contributed by atoms with Crippen LogP contribution in [0.5, 0.6) is 5.75 Å². The Bertz CT molecular complexity index is 1220. The molecule has 13 heteroatoms. The Kier molecular flexibility index (Phi) is 4.45. The molecule has 1 unspecified atom stereocenters. The molecule has 0 saturated carbocycles. The van der Waals surface area contributed by atoms with E-state index in [-0.39, 0.29) is 31.2 Å². The fourth-order valence-corrected chi connectivity index (χ4v) is 4.97. The van der Waals surface area contributed by atoms with Gasteiger partial charge in [0.25, 0.3) is 0 Å². The summed E-state index contributed by atoms with van der Waals surface area (Å²) >= 11 is 0. The Morgan fingerprint density at radius 1 is 1.29 bits per heavy atom. The van der Waals surface area contributed by atoms with Gasteiger partial charge in [-0.25, -0.2) is 13.9 Å².